The van der Waals surface area contributed by atoms with Crippen molar-refractivity contribution in [1.29, 1.82) is 0 Å². The van der Waals surface area contributed by atoms with Gasteiger partial charge in [-0.1, -0.05) is 25.7 Å². The number of hydrogen-bond donors (Lipinski definition) is 1. The third-order valence-corrected chi connectivity index (χ3v) is 5.49. The standard InChI is InChI=1S/C17H26N2O4S/c1-19(24(2,21)22)13-16-10-9-15(23-16)11-12-17(20)18-14-7-5-3-4-6-8-14/h9-12,14H,3-8,13H2,1-2H3,(H,18,20)/b12-11+. The van der Waals surface area contributed by atoms with Crippen molar-refractivity contribution in [2.45, 2.75) is 51.1 Å². The normalized spacial score (nSPS) is 17.3. The van der Waals surface area contributed by atoms with E-state index < -0.39 is 10.0 Å². The van der Waals surface area contributed by atoms with E-state index in [2.05, 4.69) is 5.32 Å². The molecule has 1 fully saturated rings. The molecule has 0 atom stereocenters. The second-order valence-corrected chi connectivity index (χ2v) is 8.44. The molecule has 1 aromatic heterocycles. The van der Waals surface area contributed by atoms with Crippen LogP contribution in [0.3, 0.4) is 0 Å². The van der Waals surface area contributed by atoms with E-state index in [4.69, 9.17) is 4.42 Å². The highest BCUT2D eigenvalue weighted by molar-refractivity contribution is 7.88. The molecule has 1 saturated carbocycles. The molecule has 24 heavy (non-hydrogen) atoms. The SMILES string of the molecule is CN(Cc1ccc(/C=C/C(=O)NC2CCCCCC2)o1)S(C)(=O)=O. The van der Waals surface area contributed by atoms with Crippen molar-refractivity contribution >= 4 is 22.0 Å². The number of amides is 1. The van der Waals surface area contributed by atoms with Crippen LogP contribution < -0.4 is 5.32 Å². The van der Waals surface area contributed by atoms with Gasteiger partial charge >= 0.3 is 0 Å². The van der Waals surface area contributed by atoms with Gasteiger partial charge < -0.3 is 9.73 Å². The van der Waals surface area contributed by atoms with Crippen molar-refractivity contribution in [2.75, 3.05) is 13.3 Å². The molecule has 1 aromatic rings. The van der Waals surface area contributed by atoms with Gasteiger partial charge in [-0.05, 0) is 31.1 Å². The predicted molar refractivity (Wildman–Crippen MR) is 93.7 cm³/mol. The zero-order valence-electron chi connectivity index (χ0n) is 14.3. The second-order valence-electron chi connectivity index (χ2n) is 6.35. The van der Waals surface area contributed by atoms with Crippen molar-refractivity contribution in [3.8, 4) is 0 Å². The maximum absolute atomic E-state index is 12.0. The molecule has 2 rings (SSSR count). The highest BCUT2D eigenvalue weighted by Crippen LogP contribution is 2.17. The van der Waals surface area contributed by atoms with E-state index in [-0.39, 0.29) is 18.5 Å². The Labute approximate surface area is 144 Å². The van der Waals surface area contributed by atoms with E-state index >= 15 is 0 Å². The highest BCUT2D eigenvalue weighted by atomic mass is 32.2. The summed E-state index contributed by atoms with van der Waals surface area (Å²) in [6.07, 6.45) is 11.1. The van der Waals surface area contributed by atoms with Crippen molar-refractivity contribution in [3.05, 3.63) is 29.7 Å². The van der Waals surface area contributed by atoms with Gasteiger partial charge in [-0.3, -0.25) is 4.79 Å². The molecule has 1 N–H and O–H groups in total. The molecule has 0 aliphatic heterocycles. The van der Waals surface area contributed by atoms with Crippen molar-refractivity contribution in [3.63, 3.8) is 0 Å². The second kappa shape index (κ2) is 8.48. The van der Waals surface area contributed by atoms with Crippen LogP contribution in [0.2, 0.25) is 0 Å². The molecule has 1 heterocycles. The molecular weight excluding hydrogens is 328 g/mol. The molecule has 1 aliphatic rings. The number of nitrogens with one attached hydrogen (secondary N) is 1. The van der Waals surface area contributed by atoms with Crippen LogP contribution in [0.15, 0.2) is 22.6 Å². The monoisotopic (exact) mass is 354 g/mol. The van der Waals surface area contributed by atoms with E-state index in [9.17, 15) is 13.2 Å². The summed E-state index contributed by atoms with van der Waals surface area (Å²) < 4.78 is 29.5. The Balaban J connectivity index is 1.86. The Morgan fingerprint density at radius 2 is 1.96 bits per heavy atom. The number of nitrogens with zero attached hydrogens (tertiary/aromatic N) is 1. The Bertz CT molecular complexity index is 671. The molecule has 6 nitrogen and oxygen atoms in total. The Morgan fingerprint density at radius 3 is 2.58 bits per heavy atom. The first-order valence-electron chi connectivity index (χ1n) is 8.33. The van der Waals surface area contributed by atoms with Crippen LogP contribution in [-0.2, 0) is 21.4 Å². The molecule has 0 unspecified atom stereocenters. The van der Waals surface area contributed by atoms with Gasteiger partial charge in [0, 0.05) is 19.2 Å². The van der Waals surface area contributed by atoms with Crippen LogP contribution in [0.25, 0.3) is 6.08 Å². The summed E-state index contributed by atoms with van der Waals surface area (Å²) in [4.78, 5) is 12.0. The molecule has 0 aromatic carbocycles. The highest BCUT2D eigenvalue weighted by Gasteiger charge is 2.14. The van der Waals surface area contributed by atoms with Crippen LogP contribution in [0.1, 0.15) is 50.0 Å². The maximum atomic E-state index is 12.0. The third kappa shape index (κ3) is 6.13. The molecule has 0 bridgehead atoms. The number of carbonyl (C=O) groups is 1. The largest absolute Gasteiger partial charge is 0.460 e. The topological polar surface area (TPSA) is 79.6 Å². The predicted octanol–water partition coefficient (Wildman–Crippen LogP) is 2.52. The summed E-state index contributed by atoms with van der Waals surface area (Å²) in [6, 6.07) is 3.70. The first-order chi connectivity index (χ1) is 11.3. The fourth-order valence-electron chi connectivity index (χ4n) is 2.74. The van der Waals surface area contributed by atoms with Gasteiger partial charge in [-0.2, -0.15) is 4.31 Å². The lowest BCUT2D eigenvalue weighted by atomic mass is 10.1. The summed E-state index contributed by atoms with van der Waals surface area (Å²) in [6.45, 7) is 0.168. The molecule has 0 spiro atoms. The molecule has 0 saturated heterocycles. The third-order valence-electron chi connectivity index (χ3n) is 4.23. The number of hydrogen-bond acceptors (Lipinski definition) is 4. The average Bonchev–Trinajstić information content (AvgIpc) is 2.79. The Kier molecular flexibility index (Phi) is 6.62. The number of carbonyl (C=O) groups excluding carboxylic acids is 1. The van der Waals surface area contributed by atoms with Crippen LogP contribution in [-0.4, -0.2) is 38.0 Å². The minimum atomic E-state index is -3.25. The minimum absolute atomic E-state index is 0.117. The zero-order valence-corrected chi connectivity index (χ0v) is 15.1. The van der Waals surface area contributed by atoms with Gasteiger partial charge in [0.25, 0.3) is 0 Å². The van der Waals surface area contributed by atoms with Crippen LogP contribution >= 0.6 is 0 Å². The molecule has 7 heteroatoms. The summed E-state index contributed by atoms with van der Waals surface area (Å²) in [7, 11) is -1.75. The molecule has 134 valence electrons. The summed E-state index contributed by atoms with van der Waals surface area (Å²) >= 11 is 0. The minimum Gasteiger partial charge on any atom is -0.460 e. The van der Waals surface area contributed by atoms with Gasteiger partial charge in [-0.15, -0.1) is 0 Å². The first kappa shape index (κ1) is 18.7. The first-order valence-corrected chi connectivity index (χ1v) is 10.2. The lowest BCUT2D eigenvalue weighted by Gasteiger charge is -2.14. The Hall–Kier alpha value is -1.60. The van der Waals surface area contributed by atoms with Gasteiger partial charge in [0.2, 0.25) is 15.9 Å². The zero-order chi connectivity index (χ0) is 17.6. The molecule has 1 aliphatic carbocycles. The fraction of sp³-hybridized carbons (Fsp3) is 0.588. The van der Waals surface area contributed by atoms with E-state index in [1.54, 1.807) is 18.2 Å². The average molecular weight is 354 g/mol. The number of sulfonamides is 1. The van der Waals surface area contributed by atoms with Crippen molar-refractivity contribution in [2.24, 2.45) is 0 Å². The van der Waals surface area contributed by atoms with E-state index in [0.717, 1.165) is 19.1 Å². The van der Waals surface area contributed by atoms with Gasteiger partial charge in [0.15, 0.2) is 0 Å². The summed E-state index contributed by atoms with van der Waals surface area (Å²) in [5, 5.41) is 3.03. The van der Waals surface area contributed by atoms with Crippen LogP contribution in [0, 0.1) is 0 Å². The summed E-state index contributed by atoms with van der Waals surface area (Å²) in [5.74, 6) is 0.947. The quantitative estimate of drug-likeness (QED) is 0.629. The van der Waals surface area contributed by atoms with E-state index in [1.807, 2.05) is 0 Å². The van der Waals surface area contributed by atoms with Crippen molar-refractivity contribution in [1.82, 2.24) is 9.62 Å². The molecule has 0 radical (unpaired) electrons. The van der Waals surface area contributed by atoms with Crippen LogP contribution in [0.5, 0.6) is 0 Å². The van der Waals surface area contributed by atoms with E-state index in [0.29, 0.717) is 11.5 Å². The summed E-state index contributed by atoms with van der Waals surface area (Å²) in [5.41, 5.74) is 0. The lowest BCUT2D eigenvalue weighted by molar-refractivity contribution is -0.117. The fourth-order valence-corrected chi connectivity index (χ4v) is 3.10. The Morgan fingerprint density at radius 1 is 1.29 bits per heavy atom. The molecule has 1 amide bonds. The van der Waals surface area contributed by atoms with Crippen LogP contribution in [0.4, 0.5) is 0 Å². The van der Waals surface area contributed by atoms with E-state index in [1.165, 1.54) is 43.1 Å². The lowest BCUT2D eigenvalue weighted by Crippen LogP contribution is -2.33. The van der Waals surface area contributed by atoms with Crippen molar-refractivity contribution < 1.29 is 17.6 Å². The number of furan rings is 1. The maximum Gasteiger partial charge on any atom is 0.244 e. The van der Waals surface area contributed by atoms with Gasteiger partial charge in [0.05, 0.1) is 12.8 Å². The molecular formula is C17H26N2O4S. The number of rotatable bonds is 6. The van der Waals surface area contributed by atoms with Gasteiger partial charge in [0.1, 0.15) is 11.5 Å². The van der Waals surface area contributed by atoms with Gasteiger partial charge in [-0.25, -0.2) is 8.42 Å². The smallest absolute Gasteiger partial charge is 0.244 e.